The Bertz CT molecular complexity index is 960. The maximum atomic E-state index is 12.2. The number of carbonyl (C=O) groups excluding carboxylic acids is 2. The van der Waals surface area contributed by atoms with E-state index in [1.54, 1.807) is 50.6 Å². The topological polar surface area (TPSA) is 106 Å². The molecule has 2 aromatic carbocycles. The van der Waals surface area contributed by atoms with Crippen LogP contribution in [0, 0.1) is 0 Å². The molecule has 2 aromatic rings. The summed E-state index contributed by atoms with van der Waals surface area (Å²) in [6.07, 6.45) is 1.10. The largest absolute Gasteiger partial charge is 0.497 e. The van der Waals surface area contributed by atoms with E-state index in [1.807, 2.05) is 0 Å². The fraction of sp³-hybridized carbons (Fsp3) is 0.263. The molecule has 1 unspecified atom stereocenters. The van der Waals surface area contributed by atoms with E-state index in [-0.39, 0.29) is 29.8 Å². The molecule has 2 amide bonds. The Balaban J connectivity index is 1.87. The first-order valence-corrected chi connectivity index (χ1v) is 10.4. The highest BCUT2D eigenvalue weighted by Crippen LogP contribution is 2.16. The number of ether oxygens (including phenoxy) is 1. The number of rotatable bonds is 8. The lowest BCUT2D eigenvalue weighted by Crippen LogP contribution is -3.11. The zero-order valence-electron chi connectivity index (χ0n) is 16.0. The number of anilines is 2. The zero-order valence-corrected chi connectivity index (χ0v) is 16.8. The molecule has 0 heterocycles. The molecule has 0 aliphatic heterocycles. The molecule has 0 spiro atoms. The average molecular weight is 406 g/mol. The molecular formula is C19H24N3O5S+. The van der Waals surface area contributed by atoms with Crippen molar-refractivity contribution in [1.29, 1.82) is 0 Å². The summed E-state index contributed by atoms with van der Waals surface area (Å²) in [5, 5.41) is 5.41. The van der Waals surface area contributed by atoms with Crippen LogP contribution in [0.5, 0.6) is 5.75 Å². The highest BCUT2D eigenvalue weighted by Gasteiger charge is 2.15. The van der Waals surface area contributed by atoms with Gasteiger partial charge < -0.3 is 20.3 Å². The summed E-state index contributed by atoms with van der Waals surface area (Å²) >= 11 is 0. The maximum absolute atomic E-state index is 12.2. The molecule has 1 atom stereocenters. The standard InChI is InChI=1S/C19H23N3O5S/c1-22(12-18(23)20-14-6-4-8-16(10-14)27-2)13-19(24)21-15-7-5-9-17(11-15)28(3,25)26/h4-11H,12-13H2,1-3H3,(H,20,23)(H,21,24)/p+1. The number of nitrogens with one attached hydrogen (secondary N) is 3. The number of sulfone groups is 1. The Labute approximate surface area is 164 Å². The number of hydrogen-bond donors (Lipinski definition) is 3. The number of likely N-dealkylation sites (N-methyl/N-ethyl adjacent to an activating group) is 1. The Kier molecular flexibility index (Phi) is 7.13. The van der Waals surface area contributed by atoms with Gasteiger partial charge in [0, 0.05) is 23.7 Å². The van der Waals surface area contributed by atoms with Crippen molar-refractivity contribution in [3.05, 3.63) is 48.5 Å². The predicted octanol–water partition coefficient (Wildman–Crippen LogP) is 0.191. The molecule has 0 saturated carbocycles. The van der Waals surface area contributed by atoms with Gasteiger partial charge in [-0.15, -0.1) is 0 Å². The summed E-state index contributed by atoms with van der Waals surface area (Å²) in [5.74, 6) is 0.0733. The molecule has 0 radical (unpaired) electrons. The van der Waals surface area contributed by atoms with Gasteiger partial charge in [-0.2, -0.15) is 0 Å². The van der Waals surface area contributed by atoms with Crippen molar-refractivity contribution < 1.29 is 27.6 Å². The summed E-state index contributed by atoms with van der Waals surface area (Å²) in [6.45, 7) is 0.142. The van der Waals surface area contributed by atoms with Crippen LogP contribution in [0.1, 0.15) is 0 Å². The van der Waals surface area contributed by atoms with E-state index >= 15 is 0 Å². The van der Waals surface area contributed by atoms with E-state index in [0.29, 0.717) is 22.0 Å². The van der Waals surface area contributed by atoms with Crippen LogP contribution in [-0.4, -0.2) is 53.7 Å². The minimum absolute atomic E-state index is 0.0502. The van der Waals surface area contributed by atoms with Crippen LogP contribution < -0.4 is 20.3 Å². The first kappa shape index (κ1) is 21.4. The molecule has 0 aliphatic carbocycles. The molecule has 0 aliphatic rings. The van der Waals surface area contributed by atoms with Crippen molar-refractivity contribution in [2.45, 2.75) is 4.90 Å². The van der Waals surface area contributed by atoms with Gasteiger partial charge in [0.2, 0.25) is 0 Å². The van der Waals surface area contributed by atoms with Crippen LogP contribution in [0.15, 0.2) is 53.4 Å². The van der Waals surface area contributed by atoms with Gasteiger partial charge in [0.15, 0.2) is 22.9 Å². The van der Waals surface area contributed by atoms with Gasteiger partial charge in [-0.25, -0.2) is 8.42 Å². The maximum Gasteiger partial charge on any atom is 0.279 e. The molecule has 0 aromatic heterocycles. The molecular weight excluding hydrogens is 382 g/mol. The van der Waals surface area contributed by atoms with E-state index in [4.69, 9.17) is 4.74 Å². The van der Waals surface area contributed by atoms with Gasteiger partial charge >= 0.3 is 0 Å². The normalized spacial score (nSPS) is 12.1. The minimum atomic E-state index is -3.35. The fourth-order valence-electron chi connectivity index (χ4n) is 2.53. The predicted molar refractivity (Wildman–Crippen MR) is 106 cm³/mol. The molecule has 0 saturated heterocycles. The number of hydrogen-bond acceptors (Lipinski definition) is 5. The Morgan fingerprint density at radius 1 is 0.964 bits per heavy atom. The van der Waals surface area contributed by atoms with Crippen molar-refractivity contribution in [3.63, 3.8) is 0 Å². The lowest BCUT2D eigenvalue weighted by Gasteiger charge is -2.14. The fourth-order valence-corrected chi connectivity index (χ4v) is 3.19. The van der Waals surface area contributed by atoms with Gasteiger partial charge in [-0.3, -0.25) is 9.59 Å². The molecule has 3 N–H and O–H groups in total. The van der Waals surface area contributed by atoms with E-state index < -0.39 is 9.84 Å². The lowest BCUT2D eigenvalue weighted by atomic mass is 10.3. The third-order valence-electron chi connectivity index (χ3n) is 3.82. The summed E-state index contributed by atoms with van der Waals surface area (Å²) in [4.78, 5) is 25.1. The first-order valence-electron chi connectivity index (χ1n) is 8.52. The van der Waals surface area contributed by atoms with Crippen molar-refractivity contribution in [2.24, 2.45) is 0 Å². The summed E-state index contributed by atoms with van der Waals surface area (Å²) in [7, 11) is -0.0886. The highest BCUT2D eigenvalue weighted by molar-refractivity contribution is 7.90. The third kappa shape index (κ3) is 6.67. The zero-order chi connectivity index (χ0) is 20.7. The number of quaternary nitrogens is 1. The molecule has 9 heteroatoms. The van der Waals surface area contributed by atoms with Crippen LogP contribution in [-0.2, 0) is 19.4 Å². The quantitative estimate of drug-likeness (QED) is 0.580. The Morgan fingerprint density at radius 2 is 1.50 bits per heavy atom. The van der Waals surface area contributed by atoms with E-state index in [1.165, 1.54) is 12.1 Å². The van der Waals surface area contributed by atoms with Gasteiger partial charge in [-0.1, -0.05) is 12.1 Å². The summed E-state index contributed by atoms with van der Waals surface area (Å²) in [5.41, 5.74) is 1.00. The molecule has 0 fully saturated rings. The first-order chi connectivity index (χ1) is 13.2. The van der Waals surface area contributed by atoms with Crippen LogP contribution in [0.2, 0.25) is 0 Å². The molecule has 28 heavy (non-hydrogen) atoms. The number of benzene rings is 2. The van der Waals surface area contributed by atoms with Gasteiger partial charge in [0.1, 0.15) is 5.75 Å². The van der Waals surface area contributed by atoms with Gasteiger partial charge in [0.05, 0.1) is 19.1 Å². The van der Waals surface area contributed by atoms with Crippen molar-refractivity contribution >= 4 is 33.0 Å². The number of methoxy groups -OCH3 is 1. The second kappa shape index (κ2) is 9.34. The second-order valence-electron chi connectivity index (χ2n) is 6.44. The van der Waals surface area contributed by atoms with Gasteiger partial charge in [0.25, 0.3) is 11.8 Å². The van der Waals surface area contributed by atoms with Gasteiger partial charge in [-0.05, 0) is 30.3 Å². The van der Waals surface area contributed by atoms with Crippen LogP contribution in [0.25, 0.3) is 0 Å². The van der Waals surface area contributed by atoms with Crippen LogP contribution >= 0.6 is 0 Å². The number of amides is 2. The van der Waals surface area contributed by atoms with Crippen molar-refractivity contribution in [3.8, 4) is 5.75 Å². The van der Waals surface area contributed by atoms with E-state index in [9.17, 15) is 18.0 Å². The second-order valence-corrected chi connectivity index (χ2v) is 8.45. The molecule has 0 bridgehead atoms. The third-order valence-corrected chi connectivity index (χ3v) is 4.93. The average Bonchev–Trinajstić information content (AvgIpc) is 2.60. The van der Waals surface area contributed by atoms with Crippen LogP contribution in [0.4, 0.5) is 11.4 Å². The lowest BCUT2D eigenvalue weighted by molar-refractivity contribution is -0.862. The Hall–Kier alpha value is -2.91. The molecule has 2 rings (SSSR count). The van der Waals surface area contributed by atoms with E-state index in [2.05, 4.69) is 10.6 Å². The molecule has 8 nitrogen and oxygen atoms in total. The smallest absolute Gasteiger partial charge is 0.279 e. The minimum Gasteiger partial charge on any atom is -0.497 e. The van der Waals surface area contributed by atoms with Crippen molar-refractivity contribution in [1.82, 2.24) is 0 Å². The SMILES string of the molecule is COc1cccc(NC(=O)C[NH+](C)CC(=O)Nc2cccc(S(C)(=O)=O)c2)c1. The molecule has 150 valence electrons. The highest BCUT2D eigenvalue weighted by atomic mass is 32.2. The monoisotopic (exact) mass is 406 g/mol. The summed E-state index contributed by atoms with van der Waals surface area (Å²) < 4.78 is 28.3. The van der Waals surface area contributed by atoms with E-state index in [0.717, 1.165) is 6.26 Å². The van der Waals surface area contributed by atoms with Crippen LogP contribution in [0.3, 0.4) is 0 Å². The Morgan fingerprint density at radius 3 is 2.04 bits per heavy atom. The van der Waals surface area contributed by atoms with Crippen molar-refractivity contribution in [2.75, 3.05) is 44.1 Å². The number of carbonyl (C=O) groups is 2. The summed E-state index contributed by atoms with van der Waals surface area (Å²) in [6, 6.07) is 13.0.